The molecule has 0 aromatic heterocycles. The van der Waals surface area contributed by atoms with E-state index in [2.05, 4.69) is 0 Å². The molecule has 0 aliphatic rings. The minimum absolute atomic E-state index is 0.234. The predicted molar refractivity (Wildman–Crippen MR) is 85.5 cm³/mol. The SMILES string of the molecule is CC(C)=CC(=O)O[C@@H](C(=O)c1ccccc1)c1ccccc1. The lowest BCUT2D eigenvalue weighted by Gasteiger charge is -2.16. The number of ether oxygens (including phenoxy) is 1. The van der Waals surface area contributed by atoms with Gasteiger partial charge < -0.3 is 4.74 Å². The van der Waals surface area contributed by atoms with E-state index < -0.39 is 12.1 Å². The van der Waals surface area contributed by atoms with Gasteiger partial charge >= 0.3 is 5.97 Å². The van der Waals surface area contributed by atoms with E-state index in [1.54, 1.807) is 50.2 Å². The maximum Gasteiger partial charge on any atom is 0.331 e. The molecule has 0 saturated carbocycles. The number of hydrogen-bond donors (Lipinski definition) is 0. The molecule has 2 aromatic carbocycles. The number of ketones is 1. The third kappa shape index (κ3) is 4.16. The summed E-state index contributed by atoms with van der Waals surface area (Å²) in [5, 5.41) is 0. The van der Waals surface area contributed by atoms with Crippen LogP contribution in [0.3, 0.4) is 0 Å². The largest absolute Gasteiger partial charge is 0.446 e. The van der Waals surface area contributed by atoms with Gasteiger partial charge in [-0.1, -0.05) is 66.2 Å². The van der Waals surface area contributed by atoms with Crippen LogP contribution in [0.15, 0.2) is 72.3 Å². The lowest BCUT2D eigenvalue weighted by atomic mass is 10.00. The number of esters is 1. The average molecular weight is 294 g/mol. The van der Waals surface area contributed by atoms with Crippen molar-refractivity contribution in [3.63, 3.8) is 0 Å². The topological polar surface area (TPSA) is 43.4 Å². The van der Waals surface area contributed by atoms with Crippen molar-refractivity contribution < 1.29 is 14.3 Å². The Labute approximate surface area is 130 Å². The molecule has 1 atom stereocenters. The van der Waals surface area contributed by atoms with E-state index in [0.717, 1.165) is 5.57 Å². The van der Waals surface area contributed by atoms with Crippen molar-refractivity contribution >= 4 is 11.8 Å². The number of carbonyl (C=O) groups is 2. The van der Waals surface area contributed by atoms with Crippen LogP contribution in [0, 0.1) is 0 Å². The Kier molecular flexibility index (Phi) is 5.26. The second-order valence-corrected chi connectivity index (χ2v) is 5.18. The highest BCUT2D eigenvalue weighted by Gasteiger charge is 2.25. The van der Waals surface area contributed by atoms with Gasteiger partial charge in [-0.25, -0.2) is 4.79 Å². The van der Waals surface area contributed by atoms with Crippen molar-refractivity contribution in [2.75, 3.05) is 0 Å². The normalized spacial score (nSPS) is 11.4. The van der Waals surface area contributed by atoms with Gasteiger partial charge in [-0.15, -0.1) is 0 Å². The van der Waals surface area contributed by atoms with Gasteiger partial charge in [0.2, 0.25) is 5.78 Å². The first-order valence-electron chi connectivity index (χ1n) is 7.07. The Morgan fingerprint density at radius 3 is 2.00 bits per heavy atom. The van der Waals surface area contributed by atoms with Crippen molar-refractivity contribution in [2.45, 2.75) is 20.0 Å². The Balaban J connectivity index is 2.32. The highest BCUT2D eigenvalue weighted by Crippen LogP contribution is 2.23. The van der Waals surface area contributed by atoms with Crippen LogP contribution in [-0.2, 0) is 9.53 Å². The van der Waals surface area contributed by atoms with Crippen LogP contribution >= 0.6 is 0 Å². The summed E-state index contributed by atoms with van der Waals surface area (Å²) in [5.41, 5.74) is 2.00. The highest BCUT2D eigenvalue weighted by molar-refractivity contribution is 6.01. The molecule has 112 valence electrons. The van der Waals surface area contributed by atoms with E-state index in [4.69, 9.17) is 4.74 Å². The second-order valence-electron chi connectivity index (χ2n) is 5.18. The van der Waals surface area contributed by atoms with Crippen LogP contribution in [0.2, 0.25) is 0 Å². The van der Waals surface area contributed by atoms with Gasteiger partial charge in [0.1, 0.15) is 0 Å². The predicted octanol–water partition coefficient (Wildman–Crippen LogP) is 4.12. The van der Waals surface area contributed by atoms with Crippen molar-refractivity contribution in [1.82, 2.24) is 0 Å². The summed E-state index contributed by atoms with van der Waals surface area (Å²) in [7, 11) is 0. The molecule has 3 nitrogen and oxygen atoms in total. The lowest BCUT2D eigenvalue weighted by molar-refractivity contribution is -0.141. The smallest absolute Gasteiger partial charge is 0.331 e. The molecule has 0 amide bonds. The zero-order valence-corrected chi connectivity index (χ0v) is 12.7. The van der Waals surface area contributed by atoms with Crippen molar-refractivity contribution in [1.29, 1.82) is 0 Å². The van der Waals surface area contributed by atoms with Crippen LogP contribution in [0.4, 0.5) is 0 Å². The van der Waals surface area contributed by atoms with E-state index in [1.807, 2.05) is 24.3 Å². The maximum absolute atomic E-state index is 12.7. The minimum Gasteiger partial charge on any atom is -0.446 e. The van der Waals surface area contributed by atoms with E-state index in [-0.39, 0.29) is 5.78 Å². The van der Waals surface area contributed by atoms with E-state index >= 15 is 0 Å². The molecular weight excluding hydrogens is 276 g/mol. The van der Waals surface area contributed by atoms with E-state index in [0.29, 0.717) is 11.1 Å². The molecule has 0 spiro atoms. The first-order chi connectivity index (χ1) is 10.6. The number of hydrogen-bond acceptors (Lipinski definition) is 3. The van der Waals surface area contributed by atoms with Gasteiger partial charge in [-0.3, -0.25) is 4.79 Å². The second kappa shape index (κ2) is 7.36. The Bertz CT molecular complexity index is 668. The highest BCUT2D eigenvalue weighted by atomic mass is 16.5. The van der Waals surface area contributed by atoms with Crippen LogP contribution in [0.25, 0.3) is 0 Å². The zero-order valence-electron chi connectivity index (χ0n) is 12.7. The summed E-state index contributed by atoms with van der Waals surface area (Å²) in [6.07, 6.45) is 0.445. The molecule has 2 rings (SSSR count). The van der Waals surface area contributed by atoms with Gasteiger partial charge in [0.25, 0.3) is 0 Å². The zero-order chi connectivity index (χ0) is 15.9. The first-order valence-corrected chi connectivity index (χ1v) is 7.07. The van der Waals surface area contributed by atoms with Crippen molar-refractivity contribution in [2.24, 2.45) is 0 Å². The Morgan fingerprint density at radius 2 is 1.45 bits per heavy atom. The fourth-order valence-electron chi connectivity index (χ4n) is 2.04. The van der Waals surface area contributed by atoms with Gasteiger partial charge in [0, 0.05) is 17.2 Å². The number of carbonyl (C=O) groups excluding carboxylic acids is 2. The minimum atomic E-state index is -0.938. The van der Waals surface area contributed by atoms with Crippen molar-refractivity contribution in [3.8, 4) is 0 Å². The van der Waals surface area contributed by atoms with Gasteiger partial charge in [0.15, 0.2) is 6.10 Å². The van der Waals surface area contributed by atoms with Gasteiger partial charge in [-0.05, 0) is 13.8 Å². The molecule has 0 unspecified atom stereocenters. The van der Waals surface area contributed by atoms with E-state index in [9.17, 15) is 9.59 Å². The molecule has 0 fully saturated rings. The molecule has 0 saturated heterocycles. The molecule has 0 N–H and O–H groups in total. The number of rotatable bonds is 5. The summed E-state index contributed by atoms with van der Waals surface area (Å²) in [4.78, 5) is 24.6. The Hall–Kier alpha value is -2.68. The summed E-state index contributed by atoms with van der Waals surface area (Å²) in [6.45, 7) is 3.61. The molecule has 0 aliphatic carbocycles. The molecule has 0 heterocycles. The Morgan fingerprint density at radius 1 is 0.909 bits per heavy atom. The van der Waals surface area contributed by atoms with Crippen LogP contribution in [0.1, 0.15) is 35.9 Å². The quantitative estimate of drug-likeness (QED) is 0.473. The van der Waals surface area contributed by atoms with Crippen LogP contribution in [0.5, 0.6) is 0 Å². The third-order valence-corrected chi connectivity index (χ3v) is 3.04. The molecule has 0 aliphatic heterocycles. The van der Waals surface area contributed by atoms with Gasteiger partial charge in [0.05, 0.1) is 0 Å². The number of Topliss-reactive ketones (excluding diaryl/α,β-unsaturated/α-hetero) is 1. The molecule has 0 radical (unpaired) electrons. The summed E-state index contributed by atoms with van der Waals surface area (Å²) >= 11 is 0. The van der Waals surface area contributed by atoms with Crippen molar-refractivity contribution in [3.05, 3.63) is 83.4 Å². The summed E-state index contributed by atoms with van der Waals surface area (Å²) in [6, 6.07) is 17.9. The third-order valence-electron chi connectivity index (χ3n) is 3.04. The monoisotopic (exact) mass is 294 g/mol. The standard InChI is InChI=1S/C19H18O3/c1-14(2)13-17(20)22-19(16-11-7-4-8-12-16)18(21)15-9-5-3-6-10-15/h3-13,19H,1-2H3/t19-/m1/s1. The number of allylic oxidation sites excluding steroid dienone is 1. The molecule has 3 heteroatoms. The summed E-state index contributed by atoms with van der Waals surface area (Å²) < 4.78 is 5.40. The fourth-order valence-corrected chi connectivity index (χ4v) is 2.04. The molecule has 22 heavy (non-hydrogen) atoms. The molecule has 0 bridgehead atoms. The van der Waals surface area contributed by atoms with Gasteiger partial charge in [-0.2, -0.15) is 0 Å². The number of benzene rings is 2. The molecular formula is C19H18O3. The van der Waals surface area contributed by atoms with Crippen LogP contribution < -0.4 is 0 Å². The average Bonchev–Trinajstić information content (AvgIpc) is 2.53. The van der Waals surface area contributed by atoms with Crippen LogP contribution in [-0.4, -0.2) is 11.8 Å². The fraction of sp³-hybridized carbons (Fsp3) is 0.158. The lowest BCUT2D eigenvalue weighted by Crippen LogP contribution is -2.19. The first kappa shape index (κ1) is 15.7. The molecule has 2 aromatic rings. The van der Waals surface area contributed by atoms with E-state index in [1.165, 1.54) is 6.08 Å². The maximum atomic E-state index is 12.7. The summed E-state index contributed by atoms with van der Waals surface area (Å²) in [5.74, 6) is -0.750.